The molecule has 1 aliphatic heterocycles. The van der Waals surface area contributed by atoms with Gasteiger partial charge in [-0.25, -0.2) is 8.42 Å². The molecule has 0 bridgehead atoms. The highest BCUT2D eigenvalue weighted by Gasteiger charge is 2.21. The molecule has 2 aromatic rings. The van der Waals surface area contributed by atoms with Crippen molar-refractivity contribution < 1.29 is 22.7 Å². The Morgan fingerprint density at radius 3 is 2.10 bits per heavy atom. The Kier molecular flexibility index (Phi) is 7.11. The van der Waals surface area contributed by atoms with Crippen molar-refractivity contribution in [2.24, 2.45) is 0 Å². The lowest BCUT2D eigenvalue weighted by atomic mass is 10.3. The predicted molar refractivity (Wildman–Crippen MR) is 111 cm³/mol. The van der Waals surface area contributed by atoms with Gasteiger partial charge in [-0.3, -0.25) is 9.69 Å². The molecule has 8 heteroatoms. The van der Waals surface area contributed by atoms with Gasteiger partial charge in [0.15, 0.2) is 6.61 Å². The summed E-state index contributed by atoms with van der Waals surface area (Å²) in [6, 6.07) is 16.6. The molecule has 0 atom stereocenters. The zero-order chi connectivity index (χ0) is 20.7. The molecule has 3 rings (SSSR count). The number of hydrogen-bond donors (Lipinski definition) is 0. The van der Waals surface area contributed by atoms with Crippen LogP contribution in [0.15, 0.2) is 54.6 Å². The SMILES string of the molecule is CS(=O)(=O)CCN1CCN(C(=O)COc2ccc(Oc3ccccc3)cc2)CC1. The van der Waals surface area contributed by atoms with Crippen LogP contribution in [0.25, 0.3) is 0 Å². The van der Waals surface area contributed by atoms with E-state index in [0.717, 1.165) is 5.75 Å². The van der Waals surface area contributed by atoms with Crippen molar-refractivity contribution in [1.82, 2.24) is 9.80 Å². The maximum atomic E-state index is 12.4. The van der Waals surface area contributed by atoms with Crippen LogP contribution in [-0.2, 0) is 14.6 Å². The third-order valence-corrected chi connectivity index (χ3v) is 5.59. The molecule has 0 saturated carbocycles. The Hall–Kier alpha value is -2.58. The third-order valence-electron chi connectivity index (χ3n) is 4.67. The largest absolute Gasteiger partial charge is 0.484 e. The highest BCUT2D eigenvalue weighted by molar-refractivity contribution is 7.90. The number of amides is 1. The van der Waals surface area contributed by atoms with Crippen LogP contribution < -0.4 is 9.47 Å². The first-order valence-corrected chi connectivity index (χ1v) is 11.6. The number of piperazine rings is 1. The van der Waals surface area contributed by atoms with E-state index in [0.29, 0.717) is 44.2 Å². The van der Waals surface area contributed by atoms with Crippen LogP contribution >= 0.6 is 0 Å². The molecule has 0 radical (unpaired) electrons. The maximum Gasteiger partial charge on any atom is 0.260 e. The van der Waals surface area contributed by atoms with Gasteiger partial charge < -0.3 is 14.4 Å². The van der Waals surface area contributed by atoms with Crippen LogP contribution in [0.4, 0.5) is 0 Å². The van der Waals surface area contributed by atoms with E-state index in [-0.39, 0.29) is 18.3 Å². The van der Waals surface area contributed by atoms with Crippen molar-refractivity contribution in [2.75, 3.05) is 51.3 Å². The second-order valence-electron chi connectivity index (χ2n) is 7.03. The lowest BCUT2D eigenvalue weighted by Crippen LogP contribution is -2.50. The Morgan fingerprint density at radius 2 is 1.48 bits per heavy atom. The van der Waals surface area contributed by atoms with Crippen molar-refractivity contribution in [1.29, 1.82) is 0 Å². The van der Waals surface area contributed by atoms with Gasteiger partial charge in [0.25, 0.3) is 5.91 Å². The first kappa shape index (κ1) is 21.1. The minimum atomic E-state index is -2.96. The smallest absolute Gasteiger partial charge is 0.260 e. The molecular weight excluding hydrogens is 392 g/mol. The van der Waals surface area contributed by atoms with Crippen LogP contribution in [0.2, 0.25) is 0 Å². The summed E-state index contributed by atoms with van der Waals surface area (Å²) in [6.07, 6.45) is 1.24. The fourth-order valence-corrected chi connectivity index (χ4v) is 3.57. The van der Waals surface area contributed by atoms with Crippen LogP contribution in [0, 0.1) is 0 Å². The lowest BCUT2D eigenvalue weighted by molar-refractivity contribution is -0.135. The van der Waals surface area contributed by atoms with E-state index in [1.54, 1.807) is 29.2 Å². The maximum absolute atomic E-state index is 12.4. The van der Waals surface area contributed by atoms with Gasteiger partial charge >= 0.3 is 0 Å². The fraction of sp³-hybridized carbons (Fsp3) is 0.381. The van der Waals surface area contributed by atoms with E-state index < -0.39 is 9.84 Å². The number of carbonyl (C=O) groups excluding carboxylic acids is 1. The standard InChI is InChI=1S/C21H26N2O5S/c1-29(25,26)16-15-22-11-13-23(14-12-22)21(24)17-27-18-7-9-20(10-8-18)28-19-5-3-2-4-6-19/h2-10H,11-17H2,1H3. The van der Waals surface area contributed by atoms with Gasteiger partial charge in [-0.15, -0.1) is 0 Å². The summed E-state index contributed by atoms with van der Waals surface area (Å²) in [5, 5.41) is 0. The molecule has 0 aromatic heterocycles. The molecule has 1 saturated heterocycles. The summed E-state index contributed by atoms with van der Waals surface area (Å²) in [4.78, 5) is 16.2. The van der Waals surface area contributed by atoms with Gasteiger partial charge in [0, 0.05) is 39.0 Å². The van der Waals surface area contributed by atoms with Gasteiger partial charge in [-0.2, -0.15) is 0 Å². The average Bonchev–Trinajstić information content (AvgIpc) is 2.72. The molecule has 2 aromatic carbocycles. The van der Waals surface area contributed by atoms with Crippen molar-refractivity contribution in [3.05, 3.63) is 54.6 Å². The highest BCUT2D eigenvalue weighted by atomic mass is 32.2. The third kappa shape index (κ3) is 7.07. The summed E-state index contributed by atoms with van der Waals surface area (Å²) in [5.74, 6) is 2.13. The predicted octanol–water partition coefficient (Wildman–Crippen LogP) is 2.05. The topological polar surface area (TPSA) is 76.2 Å². The minimum absolute atomic E-state index is 0.0256. The van der Waals surface area contributed by atoms with Crippen molar-refractivity contribution in [2.45, 2.75) is 0 Å². The highest BCUT2D eigenvalue weighted by Crippen LogP contribution is 2.23. The Bertz CT molecular complexity index is 892. The fourth-order valence-electron chi connectivity index (χ4n) is 2.98. The van der Waals surface area contributed by atoms with Gasteiger partial charge in [0.1, 0.15) is 27.1 Å². The molecular formula is C21H26N2O5S. The molecule has 156 valence electrons. The Balaban J connectivity index is 1.40. The second-order valence-corrected chi connectivity index (χ2v) is 9.29. The summed E-state index contributed by atoms with van der Waals surface area (Å²) in [6.45, 7) is 2.99. The van der Waals surface area contributed by atoms with Crippen molar-refractivity contribution >= 4 is 15.7 Å². The number of benzene rings is 2. The number of ether oxygens (including phenoxy) is 2. The van der Waals surface area contributed by atoms with Gasteiger partial charge in [-0.05, 0) is 36.4 Å². The summed E-state index contributed by atoms with van der Waals surface area (Å²) >= 11 is 0. The molecule has 0 unspecified atom stereocenters. The molecule has 29 heavy (non-hydrogen) atoms. The normalized spacial score (nSPS) is 15.1. The summed E-state index contributed by atoms with van der Waals surface area (Å²) in [5.41, 5.74) is 0. The van der Waals surface area contributed by atoms with E-state index in [1.807, 2.05) is 30.3 Å². The van der Waals surface area contributed by atoms with Gasteiger partial charge in [0.05, 0.1) is 5.75 Å². The first-order chi connectivity index (χ1) is 13.9. The van der Waals surface area contributed by atoms with Crippen LogP contribution in [0.3, 0.4) is 0 Å². The molecule has 1 aliphatic rings. The Morgan fingerprint density at radius 1 is 0.897 bits per heavy atom. The number of para-hydroxylation sites is 1. The van der Waals surface area contributed by atoms with Crippen molar-refractivity contribution in [3.8, 4) is 17.2 Å². The lowest BCUT2D eigenvalue weighted by Gasteiger charge is -2.34. The molecule has 1 fully saturated rings. The van der Waals surface area contributed by atoms with Crippen LogP contribution in [-0.4, -0.2) is 75.5 Å². The van der Waals surface area contributed by atoms with Crippen molar-refractivity contribution in [3.63, 3.8) is 0 Å². The quantitative estimate of drug-likeness (QED) is 0.653. The van der Waals surface area contributed by atoms with Crippen LogP contribution in [0.5, 0.6) is 17.2 Å². The minimum Gasteiger partial charge on any atom is -0.484 e. The summed E-state index contributed by atoms with van der Waals surface area (Å²) < 4.78 is 33.9. The molecule has 7 nitrogen and oxygen atoms in total. The second kappa shape index (κ2) is 9.76. The first-order valence-electron chi connectivity index (χ1n) is 9.53. The zero-order valence-electron chi connectivity index (χ0n) is 16.5. The van der Waals surface area contributed by atoms with Gasteiger partial charge in [-0.1, -0.05) is 18.2 Å². The number of carbonyl (C=O) groups is 1. The average molecular weight is 419 g/mol. The molecule has 1 heterocycles. The number of hydrogen-bond acceptors (Lipinski definition) is 6. The molecule has 0 N–H and O–H groups in total. The van der Waals surface area contributed by atoms with Gasteiger partial charge in [0.2, 0.25) is 0 Å². The van der Waals surface area contributed by atoms with E-state index in [1.165, 1.54) is 6.26 Å². The Labute approximate surface area is 171 Å². The van der Waals surface area contributed by atoms with E-state index >= 15 is 0 Å². The number of rotatable bonds is 8. The van der Waals surface area contributed by atoms with E-state index in [9.17, 15) is 13.2 Å². The summed E-state index contributed by atoms with van der Waals surface area (Å²) in [7, 11) is -2.96. The molecule has 0 spiro atoms. The number of nitrogens with zero attached hydrogens (tertiary/aromatic N) is 2. The monoisotopic (exact) mass is 418 g/mol. The molecule has 0 aliphatic carbocycles. The number of sulfone groups is 1. The molecule has 1 amide bonds. The van der Waals surface area contributed by atoms with Crippen LogP contribution in [0.1, 0.15) is 0 Å². The zero-order valence-corrected chi connectivity index (χ0v) is 17.3. The van der Waals surface area contributed by atoms with E-state index in [2.05, 4.69) is 4.90 Å². The van der Waals surface area contributed by atoms with E-state index in [4.69, 9.17) is 9.47 Å².